The van der Waals surface area contributed by atoms with Gasteiger partial charge in [-0.05, 0) is 18.1 Å². The van der Waals surface area contributed by atoms with Crippen LogP contribution in [0.1, 0.15) is 12.5 Å². The zero-order chi connectivity index (χ0) is 7.56. The fourth-order valence-electron chi connectivity index (χ4n) is 0.699. The lowest BCUT2D eigenvalue weighted by molar-refractivity contribution is 0.475. The van der Waals surface area contributed by atoms with Crippen molar-refractivity contribution in [1.29, 1.82) is 0 Å². The van der Waals surface area contributed by atoms with Crippen LogP contribution in [0.5, 0.6) is 5.75 Å². The van der Waals surface area contributed by atoms with E-state index < -0.39 is 0 Å². The van der Waals surface area contributed by atoms with Crippen LogP contribution in [0.4, 0.5) is 5.82 Å². The number of nitrogens with two attached hydrogens (primary N) is 1. The normalized spacial score (nSPS) is 9.70. The molecule has 1 aromatic rings. The zero-order valence-electron chi connectivity index (χ0n) is 5.83. The molecule has 1 heterocycles. The molecule has 1 rings (SSSR count). The minimum absolute atomic E-state index is 0.0688. The summed E-state index contributed by atoms with van der Waals surface area (Å²) in [7, 11) is 0. The van der Waals surface area contributed by atoms with Crippen LogP contribution >= 0.6 is 0 Å². The Labute approximate surface area is 59.5 Å². The van der Waals surface area contributed by atoms with Crippen LogP contribution in [0.15, 0.2) is 12.3 Å². The molecule has 0 saturated heterocycles. The minimum Gasteiger partial charge on any atom is -0.504 e. The van der Waals surface area contributed by atoms with Crippen LogP contribution in [-0.4, -0.2) is 10.1 Å². The predicted molar refractivity (Wildman–Crippen MR) is 39.7 cm³/mol. The number of nitrogens with zero attached hydrogens (tertiary/aromatic N) is 1. The third-order valence-corrected chi connectivity index (χ3v) is 1.36. The summed E-state index contributed by atoms with van der Waals surface area (Å²) in [5.74, 6) is 0.261. The van der Waals surface area contributed by atoms with Gasteiger partial charge in [0.15, 0.2) is 11.6 Å². The van der Waals surface area contributed by atoms with Gasteiger partial charge in [-0.1, -0.05) is 6.92 Å². The molecule has 0 radical (unpaired) electrons. The van der Waals surface area contributed by atoms with Gasteiger partial charge in [-0.25, -0.2) is 4.98 Å². The number of hydrogen-bond acceptors (Lipinski definition) is 3. The number of hydrogen-bond donors (Lipinski definition) is 2. The summed E-state index contributed by atoms with van der Waals surface area (Å²) in [6, 6.07) is 1.63. The van der Waals surface area contributed by atoms with Crippen molar-refractivity contribution in [2.75, 3.05) is 5.73 Å². The predicted octanol–water partition coefficient (Wildman–Crippen LogP) is 0.932. The van der Waals surface area contributed by atoms with E-state index in [-0.39, 0.29) is 11.6 Å². The molecule has 0 fully saturated rings. The first-order valence-electron chi connectivity index (χ1n) is 3.17. The SMILES string of the molecule is CCc1cnc(N)c(O)c1. The van der Waals surface area contributed by atoms with Gasteiger partial charge >= 0.3 is 0 Å². The van der Waals surface area contributed by atoms with Crippen molar-refractivity contribution < 1.29 is 5.11 Å². The van der Waals surface area contributed by atoms with E-state index in [1.807, 2.05) is 6.92 Å². The molecule has 3 nitrogen and oxygen atoms in total. The second-order valence-corrected chi connectivity index (χ2v) is 2.10. The van der Waals surface area contributed by atoms with E-state index in [2.05, 4.69) is 4.98 Å². The van der Waals surface area contributed by atoms with Crippen LogP contribution < -0.4 is 5.73 Å². The minimum atomic E-state index is 0.0688. The lowest BCUT2D eigenvalue weighted by Gasteiger charge is -1.98. The first-order valence-corrected chi connectivity index (χ1v) is 3.17. The maximum Gasteiger partial charge on any atom is 0.165 e. The van der Waals surface area contributed by atoms with E-state index in [0.29, 0.717) is 0 Å². The third kappa shape index (κ3) is 1.18. The molecule has 3 heteroatoms. The van der Waals surface area contributed by atoms with Crippen molar-refractivity contribution in [3.8, 4) is 5.75 Å². The van der Waals surface area contributed by atoms with E-state index in [0.717, 1.165) is 12.0 Å². The second kappa shape index (κ2) is 2.56. The largest absolute Gasteiger partial charge is 0.504 e. The fourth-order valence-corrected chi connectivity index (χ4v) is 0.699. The Morgan fingerprint density at radius 3 is 2.90 bits per heavy atom. The molecule has 0 amide bonds. The Balaban J connectivity index is 3.04. The van der Waals surface area contributed by atoms with E-state index in [9.17, 15) is 0 Å². The summed E-state index contributed by atoms with van der Waals surface area (Å²) in [4.78, 5) is 3.78. The number of aromatic hydroxyl groups is 1. The van der Waals surface area contributed by atoms with Crippen molar-refractivity contribution in [2.24, 2.45) is 0 Å². The maximum atomic E-state index is 9.04. The molecular formula is C7H10N2O. The highest BCUT2D eigenvalue weighted by Crippen LogP contribution is 2.17. The Morgan fingerprint density at radius 2 is 2.40 bits per heavy atom. The molecular weight excluding hydrogens is 128 g/mol. The van der Waals surface area contributed by atoms with E-state index in [1.165, 1.54) is 0 Å². The van der Waals surface area contributed by atoms with Crippen molar-refractivity contribution in [2.45, 2.75) is 13.3 Å². The molecule has 1 aromatic heterocycles. The topological polar surface area (TPSA) is 59.1 Å². The highest BCUT2D eigenvalue weighted by molar-refractivity contribution is 5.45. The number of rotatable bonds is 1. The van der Waals surface area contributed by atoms with Gasteiger partial charge in [0.05, 0.1) is 0 Å². The van der Waals surface area contributed by atoms with Crippen LogP contribution in [-0.2, 0) is 6.42 Å². The van der Waals surface area contributed by atoms with Crippen molar-refractivity contribution in [1.82, 2.24) is 4.98 Å². The Kier molecular flexibility index (Phi) is 1.76. The number of aromatic nitrogens is 1. The van der Waals surface area contributed by atoms with Gasteiger partial charge in [0.1, 0.15) is 0 Å². The fraction of sp³-hybridized carbons (Fsp3) is 0.286. The average Bonchev–Trinajstić information content (AvgIpc) is 1.95. The molecule has 0 aliphatic carbocycles. The van der Waals surface area contributed by atoms with Gasteiger partial charge in [0, 0.05) is 6.20 Å². The van der Waals surface area contributed by atoms with Crippen molar-refractivity contribution in [3.05, 3.63) is 17.8 Å². The van der Waals surface area contributed by atoms with Crippen molar-refractivity contribution >= 4 is 5.82 Å². The molecule has 54 valence electrons. The quantitative estimate of drug-likeness (QED) is 0.607. The molecule has 0 atom stereocenters. The molecule has 3 N–H and O–H groups in total. The Morgan fingerprint density at radius 1 is 1.70 bits per heavy atom. The number of nitrogen functional groups attached to an aromatic ring is 1. The van der Waals surface area contributed by atoms with Gasteiger partial charge in [0.25, 0.3) is 0 Å². The summed E-state index contributed by atoms with van der Waals surface area (Å²) in [5, 5.41) is 9.04. The van der Waals surface area contributed by atoms with Gasteiger partial charge in [-0.2, -0.15) is 0 Å². The molecule has 0 unspecified atom stereocenters. The maximum absolute atomic E-state index is 9.04. The van der Waals surface area contributed by atoms with E-state index >= 15 is 0 Å². The molecule has 0 aliphatic rings. The molecule has 0 bridgehead atoms. The number of aryl methyl sites for hydroxylation is 1. The summed E-state index contributed by atoms with van der Waals surface area (Å²) < 4.78 is 0. The van der Waals surface area contributed by atoms with Crippen LogP contribution in [0, 0.1) is 0 Å². The molecule has 0 aliphatic heterocycles. The van der Waals surface area contributed by atoms with E-state index in [1.54, 1.807) is 12.3 Å². The van der Waals surface area contributed by atoms with Crippen LogP contribution in [0.3, 0.4) is 0 Å². The molecule has 0 spiro atoms. The third-order valence-electron chi connectivity index (χ3n) is 1.36. The lowest BCUT2D eigenvalue weighted by Crippen LogP contribution is -1.91. The summed E-state index contributed by atoms with van der Waals surface area (Å²) >= 11 is 0. The lowest BCUT2D eigenvalue weighted by atomic mass is 10.2. The Hall–Kier alpha value is -1.25. The highest BCUT2D eigenvalue weighted by Gasteiger charge is 1.96. The second-order valence-electron chi connectivity index (χ2n) is 2.10. The van der Waals surface area contributed by atoms with Crippen LogP contribution in [0.25, 0.3) is 0 Å². The van der Waals surface area contributed by atoms with Gasteiger partial charge < -0.3 is 10.8 Å². The molecule has 0 aromatic carbocycles. The summed E-state index contributed by atoms with van der Waals surface area (Å²) in [6.45, 7) is 1.99. The van der Waals surface area contributed by atoms with Gasteiger partial charge in [-0.15, -0.1) is 0 Å². The number of pyridine rings is 1. The summed E-state index contributed by atoms with van der Waals surface area (Å²) in [5.41, 5.74) is 6.27. The van der Waals surface area contributed by atoms with Gasteiger partial charge in [0.2, 0.25) is 0 Å². The zero-order valence-corrected chi connectivity index (χ0v) is 5.83. The monoisotopic (exact) mass is 138 g/mol. The van der Waals surface area contributed by atoms with Gasteiger partial charge in [-0.3, -0.25) is 0 Å². The van der Waals surface area contributed by atoms with Crippen LogP contribution in [0.2, 0.25) is 0 Å². The Bertz CT molecular complexity index is 235. The highest BCUT2D eigenvalue weighted by atomic mass is 16.3. The first kappa shape index (κ1) is 6.86. The summed E-state index contributed by atoms with van der Waals surface area (Å²) in [6.07, 6.45) is 2.52. The first-order chi connectivity index (χ1) is 4.74. The van der Waals surface area contributed by atoms with Crippen molar-refractivity contribution in [3.63, 3.8) is 0 Å². The molecule has 10 heavy (non-hydrogen) atoms. The van der Waals surface area contributed by atoms with E-state index in [4.69, 9.17) is 10.8 Å². The number of anilines is 1. The standard InChI is InChI=1S/C7H10N2O/c1-2-5-3-6(10)7(8)9-4-5/h3-4,10H,2H2,1H3,(H2,8,9). The molecule has 0 saturated carbocycles. The smallest absolute Gasteiger partial charge is 0.165 e. The average molecular weight is 138 g/mol.